The predicted molar refractivity (Wildman–Crippen MR) is 158 cm³/mol. The molecule has 2 aliphatic carbocycles. The van der Waals surface area contributed by atoms with Gasteiger partial charge in [0.2, 0.25) is 5.91 Å². The molecule has 2 aromatic rings. The number of amides is 1. The fourth-order valence-electron chi connectivity index (χ4n) is 8.33. The van der Waals surface area contributed by atoms with Crippen molar-refractivity contribution in [2.24, 2.45) is 11.8 Å². The maximum Gasteiger partial charge on any atom is 0.246 e. The molecule has 6 rings (SSSR count). The van der Waals surface area contributed by atoms with Gasteiger partial charge >= 0.3 is 0 Å². The third kappa shape index (κ3) is 4.14. The zero-order valence-electron chi connectivity index (χ0n) is 24.2. The number of aryl methyl sites for hydroxylation is 1. The van der Waals surface area contributed by atoms with E-state index in [4.69, 9.17) is 9.47 Å². The Bertz CT molecular complexity index is 1350. The highest BCUT2D eigenvalue weighted by Crippen LogP contribution is 2.65. The molecule has 0 radical (unpaired) electrons. The first-order valence-corrected chi connectivity index (χ1v) is 14.8. The molecule has 212 valence electrons. The number of rotatable bonds is 8. The van der Waals surface area contributed by atoms with E-state index < -0.39 is 0 Å². The number of carbonyl (C=O) groups excluding carboxylic acids is 1. The monoisotopic (exact) mass is 542 g/mol. The molecule has 6 nitrogen and oxygen atoms in total. The molecule has 2 aromatic carbocycles. The molecule has 6 heteroatoms. The van der Waals surface area contributed by atoms with E-state index in [0.717, 1.165) is 61.2 Å². The average Bonchev–Trinajstić information content (AvgIpc) is 3.27. The van der Waals surface area contributed by atoms with E-state index in [-0.39, 0.29) is 23.5 Å². The van der Waals surface area contributed by atoms with Gasteiger partial charge in [-0.25, -0.2) is 0 Å². The minimum atomic E-state index is -0.254. The highest BCUT2D eigenvalue weighted by molar-refractivity contribution is 5.92. The Hall–Kier alpha value is -3.25. The lowest BCUT2D eigenvalue weighted by atomic mass is 9.50. The van der Waals surface area contributed by atoms with Crippen molar-refractivity contribution in [2.45, 2.75) is 70.1 Å². The first-order chi connectivity index (χ1) is 19.3. The molecule has 2 aliphatic heterocycles. The standard InChI is InChI=1S/C34H42N2O4/c1-6-15-35-16-14-34-25-11-12-26(36(20-21(2)3)30(38)13-10-23-9-7-8-22(4)17-23)33(34)40-32-29(39-5)19-28(37)24(31(32)34)18-27(25)35/h6-10,13,17,19,21,25-27,33,37H,1,11-12,14-16,18,20H2,2-5H3/t25-,26-,27+,33-,34-/m0/s1. The van der Waals surface area contributed by atoms with Crippen LogP contribution in [0.5, 0.6) is 17.2 Å². The smallest absolute Gasteiger partial charge is 0.246 e. The Morgan fingerprint density at radius 1 is 1.32 bits per heavy atom. The molecule has 1 saturated heterocycles. The lowest BCUT2D eigenvalue weighted by Crippen LogP contribution is -2.69. The molecule has 1 amide bonds. The van der Waals surface area contributed by atoms with Crippen LogP contribution in [0.15, 0.2) is 49.1 Å². The van der Waals surface area contributed by atoms with Gasteiger partial charge in [-0.2, -0.15) is 0 Å². The van der Waals surface area contributed by atoms with Crippen LogP contribution >= 0.6 is 0 Å². The number of likely N-dealkylation sites (tertiary alicyclic amines) is 1. The Morgan fingerprint density at radius 2 is 2.15 bits per heavy atom. The average molecular weight is 543 g/mol. The molecule has 1 spiro atoms. The Labute approximate surface area is 238 Å². The largest absolute Gasteiger partial charge is 0.508 e. The molecule has 2 heterocycles. The van der Waals surface area contributed by atoms with E-state index >= 15 is 0 Å². The van der Waals surface area contributed by atoms with Gasteiger partial charge in [-0.15, -0.1) is 6.58 Å². The summed E-state index contributed by atoms with van der Waals surface area (Å²) in [6.07, 6.45) is 9.11. The van der Waals surface area contributed by atoms with Crippen LogP contribution in [0.3, 0.4) is 0 Å². The topological polar surface area (TPSA) is 62.2 Å². The molecule has 1 saturated carbocycles. The van der Waals surface area contributed by atoms with Gasteiger partial charge in [0.25, 0.3) is 0 Å². The number of phenols is 1. The fraction of sp³-hybridized carbons (Fsp3) is 0.500. The number of aromatic hydroxyl groups is 1. The van der Waals surface area contributed by atoms with E-state index in [2.05, 4.69) is 49.3 Å². The van der Waals surface area contributed by atoms with Crippen molar-refractivity contribution >= 4 is 12.0 Å². The number of methoxy groups -OCH3 is 1. The zero-order valence-corrected chi connectivity index (χ0v) is 24.2. The summed E-state index contributed by atoms with van der Waals surface area (Å²) in [4.78, 5) is 18.6. The molecule has 2 bridgehead atoms. The van der Waals surface area contributed by atoms with Crippen molar-refractivity contribution in [3.63, 3.8) is 0 Å². The van der Waals surface area contributed by atoms with Crippen molar-refractivity contribution in [2.75, 3.05) is 26.7 Å². The van der Waals surface area contributed by atoms with Crippen LogP contribution in [-0.2, 0) is 16.6 Å². The van der Waals surface area contributed by atoms with Crippen LogP contribution in [0.4, 0.5) is 0 Å². The summed E-state index contributed by atoms with van der Waals surface area (Å²) >= 11 is 0. The minimum Gasteiger partial charge on any atom is -0.508 e. The van der Waals surface area contributed by atoms with Gasteiger partial charge in [0.05, 0.1) is 13.2 Å². The fourth-order valence-corrected chi connectivity index (χ4v) is 8.33. The molecule has 4 aliphatic rings. The quantitative estimate of drug-likeness (QED) is 0.353. The van der Waals surface area contributed by atoms with Crippen LogP contribution in [0.25, 0.3) is 6.08 Å². The van der Waals surface area contributed by atoms with E-state index in [0.29, 0.717) is 35.9 Å². The van der Waals surface area contributed by atoms with Gasteiger partial charge in [-0.3, -0.25) is 9.69 Å². The van der Waals surface area contributed by atoms with Gasteiger partial charge in [0.1, 0.15) is 11.9 Å². The number of carbonyl (C=O) groups is 1. The minimum absolute atomic E-state index is 0.0288. The molecule has 0 aromatic heterocycles. The summed E-state index contributed by atoms with van der Waals surface area (Å²) in [7, 11) is 1.64. The van der Waals surface area contributed by atoms with E-state index in [9.17, 15) is 9.90 Å². The van der Waals surface area contributed by atoms with Gasteiger partial charge in [-0.05, 0) is 62.6 Å². The third-order valence-corrected chi connectivity index (χ3v) is 9.78. The molecule has 1 N–H and O–H groups in total. The van der Waals surface area contributed by atoms with Gasteiger partial charge in [0, 0.05) is 47.8 Å². The number of phenolic OH excluding ortho intramolecular Hbond substituents is 1. The lowest BCUT2D eigenvalue weighted by molar-refractivity contribution is -0.138. The van der Waals surface area contributed by atoms with E-state index in [1.165, 1.54) is 5.56 Å². The summed E-state index contributed by atoms with van der Waals surface area (Å²) in [5, 5.41) is 11.2. The van der Waals surface area contributed by atoms with Gasteiger partial charge in [0.15, 0.2) is 11.5 Å². The number of nitrogens with zero attached hydrogens (tertiary/aromatic N) is 2. The van der Waals surface area contributed by atoms with Crippen molar-refractivity contribution in [3.05, 3.63) is 71.3 Å². The molecule has 0 unspecified atom stereocenters. The van der Waals surface area contributed by atoms with Crippen LogP contribution in [0, 0.1) is 18.8 Å². The van der Waals surface area contributed by atoms with Crippen LogP contribution in [0.2, 0.25) is 0 Å². The second kappa shape index (κ2) is 10.3. The number of benzene rings is 2. The molecular formula is C34H42N2O4. The summed E-state index contributed by atoms with van der Waals surface area (Å²) in [5.74, 6) is 2.40. The Kier molecular flexibility index (Phi) is 6.94. The van der Waals surface area contributed by atoms with Crippen LogP contribution in [-0.4, -0.2) is 65.7 Å². The van der Waals surface area contributed by atoms with Crippen molar-refractivity contribution in [1.29, 1.82) is 0 Å². The lowest BCUT2D eigenvalue weighted by Gasteiger charge is -2.60. The van der Waals surface area contributed by atoms with Crippen molar-refractivity contribution < 1.29 is 19.4 Å². The molecular weight excluding hydrogens is 500 g/mol. The van der Waals surface area contributed by atoms with Gasteiger partial charge in [-0.1, -0.05) is 49.8 Å². The van der Waals surface area contributed by atoms with Gasteiger partial charge < -0.3 is 19.5 Å². The summed E-state index contributed by atoms with van der Waals surface area (Å²) in [5.41, 5.74) is 4.08. The van der Waals surface area contributed by atoms with Crippen molar-refractivity contribution in [1.82, 2.24) is 9.80 Å². The maximum absolute atomic E-state index is 13.9. The number of piperidine rings is 1. The van der Waals surface area contributed by atoms with Crippen LogP contribution in [0.1, 0.15) is 55.4 Å². The van der Waals surface area contributed by atoms with E-state index in [1.54, 1.807) is 19.3 Å². The maximum atomic E-state index is 13.9. The zero-order chi connectivity index (χ0) is 28.2. The molecule has 5 atom stereocenters. The second-order valence-corrected chi connectivity index (χ2v) is 12.5. The van der Waals surface area contributed by atoms with Crippen molar-refractivity contribution in [3.8, 4) is 17.2 Å². The highest BCUT2D eigenvalue weighted by Gasteiger charge is 2.67. The SMILES string of the molecule is C=CCN1CC[C@]23c4c5c(O)cc(OC)c4O[C@H]2[C@@H](N(CC(C)C)C(=O)C=Cc2cccc(C)c2)CC[C@H]3[C@H]1C5. The summed E-state index contributed by atoms with van der Waals surface area (Å²) in [6.45, 7) is 12.9. The predicted octanol–water partition coefficient (Wildman–Crippen LogP) is 5.50. The Morgan fingerprint density at radius 3 is 2.88 bits per heavy atom. The number of ether oxygens (including phenoxy) is 2. The third-order valence-electron chi connectivity index (χ3n) is 9.78. The number of hydrogen-bond donors (Lipinski definition) is 1. The highest BCUT2D eigenvalue weighted by atomic mass is 16.5. The summed E-state index contributed by atoms with van der Waals surface area (Å²) < 4.78 is 12.7. The Balaban J connectivity index is 1.42. The normalized spacial score (nSPS) is 28.3. The summed E-state index contributed by atoms with van der Waals surface area (Å²) in [6, 6.07) is 10.2. The number of hydrogen-bond acceptors (Lipinski definition) is 5. The van der Waals surface area contributed by atoms with Crippen LogP contribution < -0.4 is 9.47 Å². The molecule has 2 fully saturated rings. The second-order valence-electron chi connectivity index (χ2n) is 12.5. The first-order valence-electron chi connectivity index (χ1n) is 14.8. The molecule has 40 heavy (non-hydrogen) atoms. The first kappa shape index (κ1) is 26.9. The van der Waals surface area contributed by atoms with E-state index in [1.807, 2.05) is 24.3 Å².